The molecule has 2 aromatic heterocycles. The van der Waals surface area contributed by atoms with Crippen LogP contribution in [0.25, 0.3) is 10.3 Å². The van der Waals surface area contributed by atoms with Crippen molar-refractivity contribution in [2.45, 2.75) is 39.2 Å². The van der Waals surface area contributed by atoms with E-state index in [2.05, 4.69) is 37.5 Å². The molecular weight excluding hydrogens is 443 g/mol. The molecule has 1 fully saturated rings. The molecule has 33 heavy (non-hydrogen) atoms. The van der Waals surface area contributed by atoms with Crippen LogP contribution in [-0.2, 0) is 0 Å². The van der Waals surface area contributed by atoms with Crippen molar-refractivity contribution in [2.24, 2.45) is 5.92 Å². The Hall–Kier alpha value is -2.85. The van der Waals surface area contributed by atoms with Crippen LogP contribution in [-0.4, -0.2) is 58.5 Å². The first-order chi connectivity index (χ1) is 15.9. The molecule has 1 saturated heterocycles. The van der Waals surface area contributed by atoms with E-state index >= 15 is 0 Å². The Morgan fingerprint density at radius 2 is 2.09 bits per heavy atom. The summed E-state index contributed by atoms with van der Waals surface area (Å²) in [5, 5.41) is 6.49. The second-order valence-corrected chi connectivity index (χ2v) is 9.60. The second kappa shape index (κ2) is 10.4. The summed E-state index contributed by atoms with van der Waals surface area (Å²) in [6.45, 7) is 6.60. The van der Waals surface area contributed by atoms with Crippen LogP contribution < -0.4 is 15.4 Å². The van der Waals surface area contributed by atoms with Gasteiger partial charge in [0.1, 0.15) is 28.2 Å². The van der Waals surface area contributed by atoms with Crippen LogP contribution in [0.5, 0.6) is 5.75 Å². The van der Waals surface area contributed by atoms with E-state index in [9.17, 15) is 9.18 Å². The molecule has 0 saturated carbocycles. The van der Waals surface area contributed by atoms with Gasteiger partial charge >= 0.3 is 0 Å². The number of carbonyl (C=O) groups excluding carboxylic acids is 1. The van der Waals surface area contributed by atoms with Crippen LogP contribution in [0, 0.1) is 11.7 Å². The van der Waals surface area contributed by atoms with E-state index in [1.165, 1.54) is 42.6 Å². The molecular formula is C23H29FN6O2S. The zero-order valence-corrected chi connectivity index (χ0v) is 19.9. The van der Waals surface area contributed by atoms with E-state index in [0.717, 1.165) is 19.5 Å². The van der Waals surface area contributed by atoms with Gasteiger partial charge in [0.2, 0.25) is 0 Å². The lowest BCUT2D eigenvalue weighted by molar-refractivity contribution is 0.0948. The van der Waals surface area contributed by atoms with Gasteiger partial charge in [-0.2, -0.15) is 0 Å². The maximum atomic E-state index is 13.7. The third-order valence-electron chi connectivity index (χ3n) is 5.63. The summed E-state index contributed by atoms with van der Waals surface area (Å²) in [7, 11) is 2.14. The van der Waals surface area contributed by atoms with Gasteiger partial charge in [-0.05, 0) is 71.3 Å². The Balaban J connectivity index is 1.45. The van der Waals surface area contributed by atoms with Crippen molar-refractivity contribution in [1.29, 1.82) is 0 Å². The molecule has 0 spiro atoms. The largest absolute Gasteiger partial charge is 0.489 e. The third kappa shape index (κ3) is 5.94. The number of hydrogen-bond donors (Lipinski definition) is 2. The minimum atomic E-state index is -0.392. The number of thiazole rings is 1. The molecule has 1 aliphatic heterocycles. The van der Waals surface area contributed by atoms with E-state index in [4.69, 9.17) is 4.74 Å². The standard InChI is InChI=1S/C23H29FN6O2S/c1-14(2)32-18-12-16(24)4-5-17(18)28-20-19-22(27-13-26-20)33-23(29-19)21(31)25-9-6-15-7-10-30(3)11-8-15/h4-5,12-15H,6-11H2,1-3H3,(H,25,31)(H,26,27,28). The maximum Gasteiger partial charge on any atom is 0.280 e. The van der Waals surface area contributed by atoms with Gasteiger partial charge in [-0.15, -0.1) is 0 Å². The molecule has 0 atom stereocenters. The highest BCUT2D eigenvalue weighted by molar-refractivity contribution is 7.19. The van der Waals surface area contributed by atoms with Crippen molar-refractivity contribution in [1.82, 2.24) is 25.2 Å². The van der Waals surface area contributed by atoms with Crippen molar-refractivity contribution in [3.63, 3.8) is 0 Å². The van der Waals surface area contributed by atoms with Gasteiger partial charge < -0.3 is 20.3 Å². The average Bonchev–Trinajstić information content (AvgIpc) is 3.22. The van der Waals surface area contributed by atoms with Crippen LogP contribution in [0.4, 0.5) is 15.9 Å². The Morgan fingerprint density at radius 1 is 1.30 bits per heavy atom. The molecule has 3 aromatic rings. The number of fused-ring (bicyclic) bond motifs is 1. The second-order valence-electron chi connectivity index (χ2n) is 8.62. The number of nitrogens with one attached hydrogen (secondary N) is 2. The maximum absolute atomic E-state index is 13.7. The fourth-order valence-electron chi connectivity index (χ4n) is 3.84. The highest BCUT2D eigenvalue weighted by atomic mass is 32.1. The number of nitrogens with zero attached hydrogens (tertiary/aromatic N) is 4. The van der Waals surface area contributed by atoms with Crippen LogP contribution >= 0.6 is 11.3 Å². The monoisotopic (exact) mass is 472 g/mol. The number of carbonyl (C=O) groups is 1. The average molecular weight is 473 g/mol. The van der Waals surface area contributed by atoms with Gasteiger partial charge in [-0.3, -0.25) is 4.79 Å². The number of ether oxygens (including phenoxy) is 1. The molecule has 0 radical (unpaired) electrons. The summed E-state index contributed by atoms with van der Waals surface area (Å²) in [6, 6.07) is 4.26. The highest BCUT2D eigenvalue weighted by Crippen LogP contribution is 2.32. The topological polar surface area (TPSA) is 92.3 Å². The summed E-state index contributed by atoms with van der Waals surface area (Å²) in [5.41, 5.74) is 1.05. The predicted octanol–water partition coefficient (Wildman–Crippen LogP) is 4.22. The van der Waals surface area contributed by atoms with Gasteiger partial charge in [0.25, 0.3) is 5.91 Å². The molecule has 8 nitrogen and oxygen atoms in total. The summed E-state index contributed by atoms with van der Waals surface area (Å²) in [6.07, 6.45) is 4.60. The molecule has 4 rings (SSSR count). The van der Waals surface area contributed by atoms with Gasteiger partial charge in [-0.25, -0.2) is 19.3 Å². The fourth-order valence-corrected chi connectivity index (χ4v) is 4.66. The van der Waals surface area contributed by atoms with Gasteiger partial charge in [0, 0.05) is 12.6 Å². The van der Waals surface area contributed by atoms with Crippen molar-refractivity contribution < 1.29 is 13.9 Å². The minimum absolute atomic E-state index is 0.123. The molecule has 0 unspecified atom stereocenters. The molecule has 1 amide bonds. The van der Waals surface area contributed by atoms with Gasteiger partial charge in [-0.1, -0.05) is 11.3 Å². The van der Waals surface area contributed by atoms with Crippen LogP contribution in [0.15, 0.2) is 24.5 Å². The number of aromatic nitrogens is 3. The first-order valence-electron chi connectivity index (χ1n) is 11.2. The molecule has 176 valence electrons. The van der Waals surface area contributed by atoms with E-state index in [0.29, 0.717) is 45.1 Å². The number of anilines is 2. The molecule has 1 aromatic carbocycles. The molecule has 3 heterocycles. The predicted molar refractivity (Wildman–Crippen MR) is 128 cm³/mol. The smallest absolute Gasteiger partial charge is 0.280 e. The number of rotatable bonds is 8. The summed E-state index contributed by atoms with van der Waals surface area (Å²) >= 11 is 1.22. The Bertz CT molecular complexity index is 1110. The van der Waals surface area contributed by atoms with Crippen molar-refractivity contribution >= 4 is 39.1 Å². The summed E-state index contributed by atoms with van der Waals surface area (Å²) in [4.78, 5) is 28.7. The number of piperidine rings is 1. The molecule has 2 N–H and O–H groups in total. The number of likely N-dealkylation sites (tertiary alicyclic amines) is 1. The van der Waals surface area contributed by atoms with Crippen LogP contribution in [0.2, 0.25) is 0 Å². The lowest BCUT2D eigenvalue weighted by Gasteiger charge is -2.28. The molecule has 0 bridgehead atoms. The van der Waals surface area contributed by atoms with Crippen molar-refractivity contribution in [3.8, 4) is 5.75 Å². The molecule has 10 heteroatoms. The first-order valence-corrected chi connectivity index (χ1v) is 12.0. The van der Waals surface area contributed by atoms with E-state index in [1.807, 2.05) is 13.8 Å². The molecule has 1 aliphatic rings. The summed E-state index contributed by atoms with van der Waals surface area (Å²) in [5.74, 6) is 0.858. The zero-order chi connectivity index (χ0) is 23.4. The van der Waals surface area contributed by atoms with Gasteiger partial charge in [0.15, 0.2) is 10.8 Å². The SMILES string of the molecule is CC(C)Oc1cc(F)ccc1Nc1ncnc2sc(C(=O)NCCC3CCN(C)CC3)nc12. The first kappa shape index (κ1) is 23.3. The Labute approximate surface area is 196 Å². The molecule has 0 aliphatic carbocycles. The van der Waals surface area contributed by atoms with E-state index in [1.54, 1.807) is 6.07 Å². The third-order valence-corrected chi connectivity index (χ3v) is 6.59. The summed E-state index contributed by atoms with van der Waals surface area (Å²) < 4.78 is 19.5. The number of hydrogen-bond acceptors (Lipinski definition) is 8. The number of benzene rings is 1. The normalized spacial score (nSPS) is 15.2. The lowest BCUT2D eigenvalue weighted by Crippen LogP contribution is -2.32. The Morgan fingerprint density at radius 3 is 2.85 bits per heavy atom. The number of halogens is 1. The van der Waals surface area contributed by atoms with Gasteiger partial charge in [0.05, 0.1) is 11.8 Å². The quantitative estimate of drug-likeness (QED) is 0.507. The van der Waals surface area contributed by atoms with E-state index in [-0.39, 0.29) is 12.0 Å². The lowest BCUT2D eigenvalue weighted by atomic mass is 9.94. The fraction of sp³-hybridized carbons (Fsp3) is 0.478. The zero-order valence-electron chi connectivity index (χ0n) is 19.1. The van der Waals surface area contributed by atoms with Crippen molar-refractivity contribution in [2.75, 3.05) is 32.0 Å². The van der Waals surface area contributed by atoms with Crippen LogP contribution in [0.1, 0.15) is 42.9 Å². The highest BCUT2D eigenvalue weighted by Gasteiger charge is 2.19. The Kier molecular flexibility index (Phi) is 7.34. The minimum Gasteiger partial charge on any atom is -0.489 e. The van der Waals surface area contributed by atoms with Crippen molar-refractivity contribution in [3.05, 3.63) is 35.4 Å². The van der Waals surface area contributed by atoms with Crippen LogP contribution in [0.3, 0.4) is 0 Å². The number of amides is 1. The van der Waals surface area contributed by atoms with E-state index < -0.39 is 5.82 Å².